The maximum atomic E-state index is 2.71. The van der Waals surface area contributed by atoms with Crippen LogP contribution in [0.3, 0.4) is 0 Å². The van der Waals surface area contributed by atoms with Gasteiger partial charge < -0.3 is 0 Å². The van der Waals surface area contributed by atoms with Gasteiger partial charge >= 0.3 is 0 Å². The van der Waals surface area contributed by atoms with Crippen LogP contribution in [-0.2, 0) is 0 Å². The van der Waals surface area contributed by atoms with Gasteiger partial charge in [-0.25, -0.2) is 0 Å². The molecule has 0 radical (unpaired) electrons. The largest absolute Gasteiger partial charge is 0.0676 e. The zero-order valence-electron chi connectivity index (χ0n) is 20.9. The summed E-state index contributed by atoms with van der Waals surface area (Å²) >= 11 is 0. The molecule has 0 aromatic rings. The second kappa shape index (κ2) is 7.70. The van der Waals surface area contributed by atoms with Crippen molar-refractivity contribution in [1.29, 1.82) is 0 Å². The van der Waals surface area contributed by atoms with Gasteiger partial charge in [-0.2, -0.15) is 0 Å². The minimum atomic E-state index is 0.545. The van der Waals surface area contributed by atoms with E-state index < -0.39 is 0 Å². The summed E-state index contributed by atoms with van der Waals surface area (Å²) in [6, 6.07) is 0. The van der Waals surface area contributed by atoms with Gasteiger partial charge in [0.05, 0.1) is 0 Å². The third-order valence-corrected chi connectivity index (χ3v) is 11.2. The molecule has 6 atom stereocenters. The molecule has 0 heteroatoms. The summed E-state index contributed by atoms with van der Waals surface area (Å²) in [6.07, 6.45) is 17.6. The van der Waals surface area contributed by atoms with Crippen molar-refractivity contribution >= 4 is 0 Å². The number of hydrogen-bond acceptors (Lipinski definition) is 0. The van der Waals surface area contributed by atoms with E-state index in [9.17, 15) is 0 Å². The van der Waals surface area contributed by atoms with Gasteiger partial charge in [-0.3, -0.25) is 0 Å². The van der Waals surface area contributed by atoms with Gasteiger partial charge in [0.2, 0.25) is 0 Å². The first-order valence-corrected chi connectivity index (χ1v) is 13.3. The van der Waals surface area contributed by atoms with E-state index in [1.807, 2.05) is 11.1 Å². The Kier molecular flexibility index (Phi) is 5.83. The Balaban J connectivity index is 1.54. The van der Waals surface area contributed by atoms with Crippen LogP contribution in [0.4, 0.5) is 0 Å². The molecule has 3 fully saturated rings. The highest BCUT2D eigenvalue weighted by atomic mass is 14.6. The van der Waals surface area contributed by atoms with Gasteiger partial charge in [0, 0.05) is 0 Å². The molecule has 0 amide bonds. The Morgan fingerprint density at radius 1 is 0.828 bits per heavy atom. The van der Waals surface area contributed by atoms with E-state index in [2.05, 4.69) is 48.5 Å². The van der Waals surface area contributed by atoms with Crippen LogP contribution in [0, 0.1) is 45.8 Å². The summed E-state index contributed by atoms with van der Waals surface area (Å²) < 4.78 is 0. The van der Waals surface area contributed by atoms with E-state index >= 15 is 0 Å². The Bertz CT molecular complexity index is 636. The maximum absolute atomic E-state index is 2.71. The fraction of sp³-hybridized carbons (Fsp3) is 0.931. The van der Waals surface area contributed by atoms with Crippen LogP contribution >= 0.6 is 0 Å². The van der Waals surface area contributed by atoms with Gasteiger partial charge in [0.25, 0.3) is 0 Å². The highest BCUT2D eigenvalue weighted by molar-refractivity contribution is 5.33. The summed E-state index contributed by atoms with van der Waals surface area (Å²) in [5, 5.41) is 0. The van der Waals surface area contributed by atoms with Crippen LogP contribution in [-0.4, -0.2) is 0 Å². The van der Waals surface area contributed by atoms with Gasteiger partial charge in [-0.1, -0.05) is 78.9 Å². The monoisotopic (exact) mass is 398 g/mol. The SMILES string of the molecule is CC(C)CCC[C@H](C)C1=C2CC[C@@H]3[C@H](CC[C@@]4(C)[C@H]3CCCC4(C)C)[C@@]2(C)CC1. The van der Waals surface area contributed by atoms with Crippen LogP contribution in [0.1, 0.15) is 126 Å². The van der Waals surface area contributed by atoms with Crippen molar-refractivity contribution in [3.05, 3.63) is 11.1 Å². The Morgan fingerprint density at radius 2 is 1.59 bits per heavy atom. The van der Waals surface area contributed by atoms with E-state index in [-0.39, 0.29) is 0 Å². The first-order chi connectivity index (χ1) is 13.6. The lowest BCUT2D eigenvalue weighted by Gasteiger charge is -2.63. The standard InChI is InChI=1S/C29H50/c1-20(2)10-8-11-21(3)22-15-18-28(6)24(22)14-13-23-25(28)16-19-29(7)26(23)12-9-17-27(29,4)5/h20-21,23,25-26H,8-19H2,1-7H3/t21-,23+,25-,26-,28-,29-/m0/s1. The topological polar surface area (TPSA) is 0 Å². The maximum Gasteiger partial charge on any atom is -0.00796 e. The molecule has 0 saturated heterocycles. The molecular weight excluding hydrogens is 348 g/mol. The van der Waals surface area contributed by atoms with E-state index in [0.717, 1.165) is 29.6 Å². The molecular formula is C29H50. The van der Waals surface area contributed by atoms with Crippen molar-refractivity contribution in [2.45, 2.75) is 126 Å². The van der Waals surface area contributed by atoms with Gasteiger partial charge in [-0.05, 0) is 104 Å². The third kappa shape index (κ3) is 3.47. The Hall–Kier alpha value is -0.260. The molecule has 29 heavy (non-hydrogen) atoms. The van der Waals surface area contributed by atoms with Crippen LogP contribution < -0.4 is 0 Å². The molecule has 3 saturated carbocycles. The molecule has 0 aromatic carbocycles. The fourth-order valence-corrected chi connectivity index (χ4v) is 9.00. The summed E-state index contributed by atoms with van der Waals surface area (Å²) in [6.45, 7) is 17.9. The Morgan fingerprint density at radius 3 is 2.31 bits per heavy atom. The van der Waals surface area contributed by atoms with Crippen molar-refractivity contribution in [2.24, 2.45) is 45.8 Å². The quantitative estimate of drug-likeness (QED) is 0.405. The van der Waals surface area contributed by atoms with Crippen molar-refractivity contribution in [3.63, 3.8) is 0 Å². The van der Waals surface area contributed by atoms with Crippen molar-refractivity contribution in [2.75, 3.05) is 0 Å². The molecule has 0 bridgehead atoms. The molecule has 0 spiro atoms. The molecule has 0 aliphatic heterocycles. The Labute approximate surface area is 182 Å². The number of fused-ring (bicyclic) bond motifs is 5. The van der Waals surface area contributed by atoms with Crippen LogP contribution in [0.2, 0.25) is 0 Å². The van der Waals surface area contributed by atoms with E-state index in [1.165, 1.54) is 77.0 Å². The lowest BCUT2D eigenvalue weighted by Crippen LogP contribution is -2.55. The van der Waals surface area contributed by atoms with Crippen molar-refractivity contribution in [1.82, 2.24) is 0 Å². The van der Waals surface area contributed by atoms with Gasteiger partial charge in [0.1, 0.15) is 0 Å². The summed E-state index contributed by atoms with van der Waals surface area (Å²) in [7, 11) is 0. The van der Waals surface area contributed by atoms with Crippen LogP contribution in [0.5, 0.6) is 0 Å². The highest BCUT2D eigenvalue weighted by Gasteiger charge is 2.60. The van der Waals surface area contributed by atoms with Gasteiger partial charge in [0.15, 0.2) is 0 Å². The molecule has 0 nitrogen and oxygen atoms in total. The second-order valence-electron chi connectivity index (χ2n) is 13.3. The lowest BCUT2D eigenvalue weighted by molar-refractivity contribution is -0.129. The van der Waals surface area contributed by atoms with Crippen molar-refractivity contribution < 1.29 is 0 Å². The molecule has 4 aliphatic carbocycles. The zero-order valence-corrected chi connectivity index (χ0v) is 20.9. The molecule has 0 aromatic heterocycles. The lowest BCUT2D eigenvalue weighted by atomic mass is 9.41. The van der Waals surface area contributed by atoms with E-state index in [4.69, 9.17) is 0 Å². The third-order valence-electron chi connectivity index (χ3n) is 11.2. The smallest absolute Gasteiger partial charge is 0.00796 e. The molecule has 4 aliphatic rings. The average molecular weight is 399 g/mol. The first kappa shape index (κ1) is 22.0. The minimum absolute atomic E-state index is 0.545. The zero-order chi connectivity index (χ0) is 21.0. The number of rotatable bonds is 5. The fourth-order valence-electron chi connectivity index (χ4n) is 9.00. The van der Waals surface area contributed by atoms with E-state index in [0.29, 0.717) is 16.2 Å². The van der Waals surface area contributed by atoms with Crippen molar-refractivity contribution in [3.8, 4) is 0 Å². The minimum Gasteiger partial charge on any atom is -0.0676 e. The predicted molar refractivity (Wildman–Crippen MR) is 127 cm³/mol. The average Bonchev–Trinajstić information content (AvgIpc) is 2.99. The molecule has 166 valence electrons. The summed E-state index contributed by atoms with van der Waals surface area (Å²) in [5.41, 5.74) is 5.58. The molecule has 0 unspecified atom stereocenters. The predicted octanol–water partition coefficient (Wildman–Crippen LogP) is 9.20. The van der Waals surface area contributed by atoms with Gasteiger partial charge in [-0.15, -0.1) is 0 Å². The first-order valence-electron chi connectivity index (χ1n) is 13.3. The van der Waals surface area contributed by atoms with Crippen LogP contribution in [0.25, 0.3) is 0 Å². The normalized spacial score (nSPS) is 42.4. The molecule has 0 heterocycles. The summed E-state index contributed by atoms with van der Waals surface area (Å²) in [4.78, 5) is 0. The van der Waals surface area contributed by atoms with Crippen LogP contribution in [0.15, 0.2) is 11.1 Å². The molecule has 0 N–H and O–H groups in total. The molecule has 4 rings (SSSR count). The second-order valence-corrected chi connectivity index (χ2v) is 13.3. The highest BCUT2D eigenvalue weighted by Crippen LogP contribution is 2.69. The number of allylic oxidation sites excluding steroid dienone is 2. The van der Waals surface area contributed by atoms with E-state index in [1.54, 1.807) is 0 Å². The summed E-state index contributed by atoms with van der Waals surface area (Å²) in [5.74, 6) is 4.69. The number of hydrogen-bond donors (Lipinski definition) is 0.